The monoisotopic (exact) mass is 506 g/mol. The van der Waals surface area contributed by atoms with Gasteiger partial charge in [-0.05, 0) is 67.8 Å². The molecule has 6 rings (SSSR count). The zero-order valence-corrected chi connectivity index (χ0v) is 20.9. The maximum absolute atomic E-state index is 13.3. The molecule has 3 aromatic carbocycles. The number of pyridine rings is 1. The van der Waals surface area contributed by atoms with Gasteiger partial charge < -0.3 is 14.8 Å². The number of ether oxygens (including phenoxy) is 2. The highest BCUT2D eigenvalue weighted by molar-refractivity contribution is 6.08. The Morgan fingerprint density at radius 1 is 0.947 bits per heavy atom. The van der Waals surface area contributed by atoms with E-state index in [1.807, 2.05) is 73.7 Å². The second-order valence-corrected chi connectivity index (χ2v) is 9.47. The molecule has 8 nitrogen and oxygen atoms in total. The van der Waals surface area contributed by atoms with Gasteiger partial charge in [-0.1, -0.05) is 36.8 Å². The molecule has 1 aliphatic carbocycles. The number of anilines is 1. The van der Waals surface area contributed by atoms with Crippen LogP contribution < -0.4 is 20.2 Å². The first-order chi connectivity index (χ1) is 18.5. The summed E-state index contributed by atoms with van der Waals surface area (Å²) in [4.78, 5) is 30.2. The summed E-state index contributed by atoms with van der Waals surface area (Å²) in [5, 5.41) is 8.03. The minimum Gasteiger partial charge on any atom is -0.454 e. The van der Waals surface area contributed by atoms with Gasteiger partial charge in [-0.25, -0.2) is 10.4 Å². The Morgan fingerprint density at radius 2 is 1.74 bits per heavy atom. The largest absolute Gasteiger partial charge is 0.454 e. The molecule has 38 heavy (non-hydrogen) atoms. The summed E-state index contributed by atoms with van der Waals surface area (Å²) in [5.74, 6) is 1.20. The molecular weight excluding hydrogens is 480 g/mol. The van der Waals surface area contributed by atoms with Crippen molar-refractivity contribution in [1.29, 1.82) is 0 Å². The van der Waals surface area contributed by atoms with Crippen LogP contribution in [-0.4, -0.2) is 29.3 Å². The smallest absolute Gasteiger partial charge is 0.272 e. The maximum atomic E-state index is 13.3. The third-order valence-corrected chi connectivity index (χ3v) is 7.00. The molecule has 0 radical (unpaired) electrons. The molecule has 2 amide bonds. The molecule has 1 aromatic heterocycles. The molecule has 2 aliphatic rings. The molecular formula is C30H26N4O4. The van der Waals surface area contributed by atoms with E-state index < -0.39 is 0 Å². The molecule has 1 fully saturated rings. The second-order valence-electron chi connectivity index (χ2n) is 9.47. The lowest BCUT2D eigenvalue weighted by atomic mass is 9.85. The summed E-state index contributed by atoms with van der Waals surface area (Å²) in [6.07, 6.45) is 3.04. The number of rotatable bonds is 6. The van der Waals surface area contributed by atoms with Gasteiger partial charge >= 0.3 is 0 Å². The molecule has 4 aromatic rings. The van der Waals surface area contributed by atoms with Gasteiger partial charge in [0, 0.05) is 22.6 Å². The van der Waals surface area contributed by atoms with E-state index in [0.717, 1.165) is 41.5 Å². The molecule has 2 N–H and O–H groups in total. The highest BCUT2D eigenvalue weighted by atomic mass is 16.7. The Balaban J connectivity index is 1.22. The van der Waals surface area contributed by atoms with Crippen LogP contribution in [0.4, 0.5) is 5.69 Å². The van der Waals surface area contributed by atoms with Crippen molar-refractivity contribution in [1.82, 2.24) is 10.4 Å². The van der Waals surface area contributed by atoms with Gasteiger partial charge in [0.1, 0.15) is 0 Å². The first-order valence-electron chi connectivity index (χ1n) is 12.6. The van der Waals surface area contributed by atoms with Gasteiger partial charge in [0.15, 0.2) is 11.5 Å². The van der Waals surface area contributed by atoms with Gasteiger partial charge in [0.2, 0.25) is 12.7 Å². The van der Waals surface area contributed by atoms with E-state index in [9.17, 15) is 9.59 Å². The number of nitrogens with zero attached hydrogens (tertiary/aromatic N) is 2. The van der Waals surface area contributed by atoms with Crippen molar-refractivity contribution in [2.75, 3.05) is 12.1 Å². The number of hydrogen-bond donors (Lipinski definition) is 2. The van der Waals surface area contributed by atoms with Crippen molar-refractivity contribution in [2.24, 2.45) is 11.0 Å². The number of nitrogens with one attached hydrogen (secondary N) is 2. The van der Waals surface area contributed by atoms with Crippen molar-refractivity contribution < 1.29 is 19.1 Å². The highest BCUT2D eigenvalue weighted by Crippen LogP contribution is 2.36. The summed E-state index contributed by atoms with van der Waals surface area (Å²) in [7, 11) is 0. The van der Waals surface area contributed by atoms with Crippen LogP contribution in [-0.2, 0) is 4.79 Å². The number of hydrogen-bond acceptors (Lipinski definition) is 6. The van der Waals surface area contributed by atoms with E-state index in [4.69, 9.17) is 14.5 Å². The molecule has 0 bridgehead atoms. The summed E-state index contributed by atoms with van der Waals surface area (Å²) >= 11 is 0. The van der Waals surface area contributed by atoms with Crippen LogP contribution in [0.5, 0.6) is 11.5 Å². The number of amides is 2. The minimum atomic E-state index is -0.339. The number of hydrazone groups is 1. The number of carbonyl (C=O) groups is 2. The SMILES string of the molecule is C/C(=N\NC(=O)c1cc(-c2ccc3c(c2)OCO3)nc2ccccc12)c1ccc(NC(=O)C2CCC2)cc1. The normalized spacial score (nSPS) is 14.7. The van der Waals surface area contributed by atoms with E-state index in [1.165, 1.54) is 0 Å². The molecule has 0 atom stereocenters. The summed E-state index contributed by atoms with van der Waals surface area (Å²) in [6, 6.07) is 22.3. The number of para-hydroxylation sites is 1. The summed E-state index contributed by atoms with van der Waals surface area (Å²) in [6.45, 7) is 2.01. The molecule has 1 saturated carbocycles. The van der Waals surface area contributed by atoms with Crippen molar-refractivity contribution in [3.8, 4) is 22.8 Å². The second kappa shape index (κ2) is 9.97. The fourth-order valence-electron chi connectivity index (χ4n) is 4.54. The van der Waals surface area contributed by atoms with Gasteiger partial charge in [-0.2, -0.15) is 5.10 Å². The molecule has 8 heteroatoms. The number of benzene rings is 3. The Hall–Kier alpha value is -4.72. The average Bonchev–Trinajstić information content (AvgIpc) is 3.38. The zero-order chi connectivity index (χ0) is 26.1. The Bertz CT molecular complexity index is 1580. The third kappa shape index (κ3) is 4.68. The summed E-state index contributed by atoms with van der Waals surface area (Å²) in [5.41, 5.74) is 7.56. The van der Waals surface area contributed by atoms with Crippen LogP contribution in [0.3, 0.4) is 0 Å². The predicted molar refractivity (Wildman–Crippen MR) is 145 cm³/mol. The van der Waals surface area contributed by atoms with E-state index in [-0.39, 0.29) is 24.5 Å². The summed E-state index contributed by atoms with van der Waals surface area (Å²) < 4.78 is 10.9. The molecule has 1 aliphatic heterocycles. The molecule has 0 saturated heterocycles. The Morgan fingerprint density at radius 3 is 2.53 bits per heavy atom. The van der Waals surface area contributed by atoms with E-state index in [1.54, 1.807) is 6.07 Å². The van der Waals surface area contributed by atoms with Gasteiger partial charge in [-0.15, -0.1) is 0 Å². The van der Waals surface area contributed by atoms with Crippen LogP contribution >= 0.6 is 0 Å². The standard InChI is InChI=1S/C30H26N4O4/c1-18(19-9-12-22(13-10-19)31-29(35)20-5-4-6-20)33-34-30(36)24-16-26(32-25-8-3-2-7-23(24)25)21-11-14-27-28(15-21)38-17-37-27/h2-3,7-16,20H,4-6,17H2,1H3,(H,31,35)(H,34,36)/b33-18+. The van der Waals surface area contributed by atoms with Crippen molar-refractivity contribution >= 4 is 34.1 Å². The average molecular weight is 507 g/mol. The number of fused-ring (bicyclic) bond motifs is 2. The molecule has 0 spiro atoms. The highest BCUT2D eigenvalue weighted by Gasteiger charge is 2.25. The number of carbonyl (C=O) groups excluding carboxylic acids is 2. The fraction of sp³-hybridized carbons (Fsp3) is 0.200. The molecule has 190 valence electrons. The van der Waals surface area contributed by atoms with Crippen molar-refractivity contribution in [3.63, 3.8) is 0 Å². The van der Waals surface area contributed by atoms with E-state index in [0.29, 0.717) is 34.0 Å². The predicted octanol–water partition coefficient (Wildman–Crippen LogP) is 5.52. The topological polar surface area (TPSA) is 102 Å². The molecule has 0 unspecified atom stereocenters. The maximum Gasteiger partial charge on any atom is 0.272 e. The quantitative estimate of drug-likeness (QED) is 0.265. The van der Waals surface area contributed by atoms with E-state index >= 15 is 0 Å². The lowest BCUT2D eigenvalue weighted by Crippen LogP contribution is -2.28. The fourth-order valence-corrected chi connectivity index (χ4v) is 4.54. The van der Waals surface area contributed by atoms with Crippen LogP contribution in [0, 0.1) is 5.92 Å². The van der Waals surface area contributed by atoms with Crippen LogP contribution in [0.2, 0.25) is 0 Å². The van der Waals surface area contributed by atoms with Gasteiger partial charge in [0.25, 0.3) is 5.91 Å². The Labute approximate surface area is 219 Å². The van der Waals surface area contributed by atoms with Crippen LogP contribution in [0.15, 0.2) is 77.9 Å². The number of aromatic nitrogens is 1. The first kappa shape index (κ1) is 23.7. The first-order valence-corrected chi connectivity index (χ1v) is 12.6. The Kier molecular flexibility index (Phi) is 6.21. The van der Waals surface area contributed by atoms with Crippen LogP contribution in [0.25, 0.3) is 22.2 Å². The van der Waals surface area contributed by atoms with Crippen molar-refractivity contribution in [2.45, 2.75) is 26.2 Å². The van der Waals surface area contributed by atoms with Gasteiger partial charge in [-0.3, -0.25) is 9.59 Å². The van der Waals surface area contributed by atoms with E-state index in [2.05, 4.69) is 15.8 Å². The lowest BCUT2D eigenvalue weighted by Gasteiger charge is -2.24. The zero-order valence-electron chi connectivity index (χ0n) is 20.9. The minimum absolute atomic E-state index is 0.0753. The third-order valence-electron chi connectivity index (χ3n) is 7.00. The van der Waals surface area contributed by atoms with Crippen molar-refractivity contribution in [3.05, 3.63) is 83.9 Å². The molecule has 2 heterocycles. The van der Waals surface area contributed by atoms with Crippen LogP contribution in [0.1, 0.15) is 42.1 Å². The van der Waals surface area contributed by atoms with Gasteiger partial charge in [0.05, 0.1) is 22.5 Å². The lowest BCUT2D eigenvalue weighted by molar-refractivity contribution is -0.122.